The van der Waals surface area contributed by atoms with Crippen LogP contribution in [0.15, 0.2) is 71.1 Å². The molecule has 3 heterocycles. The van der Waals surface area contributed by atoms with Crippen LogP contribution in [-0.4, -0.2) is 27.9 Å². The average molecular weight is 405 g/mol. The Morgan fingerprint density at radius 3 is 2.69 bits per heavy atom. The standard InChI is InChI=1S/C22H19N3O3S/c1-28-18-5-4-16-11-17(21(26)24-20(16)12-18)13-25(14-19-3-2-10-29-19)22(27)15-6-8-23-9-7-15/h2-12H,13-14H2,1H3,(H,24,26). The fourth-order valence-corrected chi connectivity index (χ4v) is 3.86. The molecule has 1 amide bonds. The zero-order valence-corrected chi connectivity index (χ0v) is 16.6. The smallest absolute Gasteiger partial charge is 0.254 e. The summed E-state index contributed by atoms with van der Waals surface area (Å²) in [7, 11) is 1.58. The van der Waals surface area contributed by atoms with Crippen molar-refractivity contribution in [2.75, 3.05) is 7.11 Å². The lowest BCUT2D eigenvalue weighted by atomic mass is 10.1. The number of amides is 1. The molecule has 1 aromatic carbocycles. The molecule has 6 nitrogen and oxygen atoms in total. The van der Waals surface area contributed by atoms with Crippen LogP contribution < -0.4 is 10.3 Å². The van der Waals surface area contributed by atoms with Gasteiger partial charge in [0, 0.05) is 34.5 Å². The van der Waals surface area contributed by atoms with Crippen molar-refractivity contribution in [2.24, 2.45) is 0 Å². The van der Waals surface area contributed by atoms with Crippen LogP contribution >= 0.6 is 11.3 Å². The van der Waals surface area contributed by atoms with Gasteiger partial charge in [0.1, 0.15) is 5.75 Å². The normalized spacial score (nSPS) is 10.8. The monoisotopic (exact) mass is 405 g/mol. The van der Waals surface area contributed by atoms with E-state index < -0.39 is 0 Å². The van der Waals surface area contributed by atoms with Gasteiger partial charge in [-0.05, 0) is 47.2 Å². The third-order valence-corrected chi connectivity index (χ3v) is 5.49. The molecule has 3 aromatic heterocycles. The Bertz CT molecular complexity index is 1190. The molecule has 0 bridgehead atoms. The predicted molar refractivity (Wildman–Crippen MR) is 113 cm³/mol. The highest BCUT2D eigenvalue weighted by Crippen LogP contribution is 2.20. The molecule has 146 valence electrons. The van der Waals surface area contributed by atoms with Crippen LogP contribution in [0.4, 0.5) is 0 Å². The largest absolute Gasteiger partial charge is 0.497 e. The molecule has 0 spiro atoms. The van der Waals surface area contributed by atoms with Crippen molar-refractivity contribution in [1.82, 2.24) is 14.9 Å². The second kappa shape index (κ2) is 8.28. The van der Waals surface area contributed by atoms with E-state index in [1.807, 2.05) is 35.7 Å². The van der Waals surface area contributed by atoms with Crippen molar-refractivity contribution in [2.45, 2.75) is 13.1 Å². The number of H-pyrrole nitrogens is 1. The van der Waals surface area contributed by atoms with Crippen LogP contribution in [0.25, 0.3) is 10.9 Å². The summed E-state index contributed by atoms with van der Waals surface area (Å²) < 4.78 is 5.22. The third-order valence-electron chi connectivity index (χ3n) is 4.63. The predicted octanol–water partition coefficient (Wildman–Crippen LogP) is 3.84. The quantitative estimate of drug-likeness (QED) is 0.529. The number of methoxy groups -OCH3 is 1. The van der Waals surface area contributed by atoms with Gasteiger partial charge >= 0.3 is 0 Å². The minimum Gasteiger partial charge on any atom is -0.497 e. The summed E-state index contributed by atoms with van der Waals surface area (Å²) in [5.41, 5.74) is 1.55. The molecule has 0 saturated heterocycles. The van der Waals surface area contributed by atoms with Gasteiger partial charge in [-0.15, -0.1) is 11.3 Å². The van der Waals surface area contributed by atoms with E-state index >= 15 is 0 Å². The summed E-state index contributed by atoms with van der Waals surface area (Å²) in [6.45, 7) is 0.634. The number of rotatable bonds is 6. The highest BCUT2D eigenvalue weighted by atomic mass is 32.1. The van der Waals surface area contributed by atoms with Gasteiger partial charge in [-0.1, -0.05) is 6.07 Å². The number of aromatic nitrogens is 2. The highest BCUT2D eigenvalue weighted by molar-refractivity contribution is 7.09. The molecule has 0 aliphatic carbocycles. The number of carbonyl (C=O) groups excluding carboxylic acids is 1. The van der Waals surface area contributed by atoms with Crippen LogP contribution in [-0.2, 0) is 13.1 Å². The van der Waals surface area contributed by atoms with Gasteiger partial charge in [-0.25, -0.2) is 0 Å². The summed E-state index contributed by atoms with van der Waals surface area (Å²) in [5.74, 6) is 0.531. The Balaban J connectivity index is 1.69. The fraction of sp³-hybridized carbons (Fsp3) is 0.136. The topological polar surface area (TPSA) is 75.3 Å². The molecule has 0 unspecified atom stereocenters. The molecule has 0 fully saturated rings. The highest BCUT2D eigenvalue weighted by Gasteiger charge is 2.19. The number of aromatic amines is 1. The van der Waals surface area contributed by atoms with Crippen LogP contribution in [0, 0.1) is 0 Å². The number of fused-ring (bicyclic) bond motifs is 1. The molecule has 7 heteroatoms. The van der Waals surface area contributed by atoms with E-state index in [2.05, 4.69) is 9.97 Å². The van der Waals surface area contributed by atoms with Gasteiger partial charge in [0.05, 0.1) is 25.7 Å². The first kappa shape index (κ1) is 18.9. The molecule has 4 aromatic rings. The lowest BCUT2D eigenvalue weighted by molar-refractivity contribution is 0.0731. The molecular weight excluding hydrogens is 386 g/mol. The second-order valence-corrected chi connectivity index (χ2v) is 7.59. The van der Waals surface area contributed by atoms with Gasteiger partial charge in [0.15, 0.2) is 0 Å². The number of thiophene rings is 1. The fourth-order valence-electron chi connectivity index (χ4n) is 3.14. The zero-order valence-electron chi connectivity index (χ0n) is 15.8. The first-order valence-corrected chi connectivity index (χ1v) is 9.93. The van der Waals surface area contributed by atoms with Crippen LogP contribution in [0.2, 0.25) is 0 Å². The van der Waals surface area contributed by atoms with E-state index in [0.29, 0.717) is 28.9 Å². The lowest BCUT2D eigenvalue weighted by Crippen LogP contribution is -2.32. The van der Waals surface area contributed by atoms with Crippen molar-refractivity contribution >= 4 is 28.1 Å². The summed E-state index contributed by atoms with van der Waals surface area (Å²) in [5, 5.41) is 2.86. The third kappa shape index (κ3) is 4.20. The van der Waals surface area contributed by atoms with Crippen molar-refractivity contribution < 1.29 is 9.53 Å². The van der Waals surface area contributed by atoms with E-state index in [4.69, 9.17) is 4.74 Å². The maximum Gasteiger partial charge on any atom is 0.254 e. The Kier molecular flexibility index (Phi) is 5.39. The maximum absolute atomic E-state index is 13.1. The Morgan fingerprint density at radius 1 is 1.14 bits per heavy atom. The second-order valence-electron chi connectivity index (χ2n) is 6.55. The number of hydrogen-bond acceptors (Lipinski definition) is 5. The molecule has 0 radical (unpaired) electrons. The molecule has 0 aliphatic rings. The van der Waals surface area contributed by atoms with E-state index in [9.17, 15) is 9.59 Å². The molecular formula is C22H19N3O3S. The molecule has 4 rings (SSSR count). The number of carbonyl (C=O) groups is 1. The number of nitrogens with one attached hydrogen (secondary N) is 1. The van der Waals surface area contributed by atoms with Crippen molar-refractivity contribution in [3.8, 4) is 5.75 Å². The van der Waals surface area contributed by atoms with Gasteiger partial charge in [0.25, 0.3) is 11.5 Å². The Morgan fingerprint density at radius 2 is 1.97 bits per heavy atom. The Hall–Kier alpha value is -3.45. The first-order chi connectivity index (χ1) is 14.1. The summed E-state index contributed by atoms with van der Waals surface area (Å²) in [6, 6.07) is 14.6. The van der Waals surface area contributed by atoms with E-state index in [-0.39, 0.29) is 18.0 Å². The van der Waals surface area contributed by atoms with Gasteiger partial charge in [-0.3, -0.25) is 14.6 Å². The minimum atomic E-state index is -0.218. The van der Waals surface area contributed by atoms with Gasteiger partial charge in [-0.2, -0.15) is 0 Å². The van der Waals surface area contributed by atoms with Crippen LogP contribution in [0.1, 0.15) is 20.8 Å². The maximum atomic E-state index is 13.1. The van der Waals surface area contributed by atoms with Crippen molar-refractivity contribution in [3.63, 3.8) is 0 Å². The first-order valence-electron chi connectivity index (χ1n) is 9.05. The summed E-state index contributed by atoms with van der Waals surface area (Å²) >= 11 is 1.58. The zero-order chi connectivity index (χ0) is 20.2. The average Bonchev–Trinajstić information content (AvgIpc) is 3.26. The molecule has 0 atom stereocenters. The van der Waals surface area contributed by atoms with Crippen molar-refractivity contribution in [1.29, 1.82) is 0 Å². The van der Waals surface area contributed by atoms with Crippen LogP contribution in [0.5, 0.6) is 5.75 Å². The number of pyridine rings is 2. The van der Waals surface area contributed by atoms with E-state index in [1.165, 1.54) is 0 Å². The molecule has 29 heavy (non-hydrogen) atoms. The van der Waals surface area contributed by atoms with Gasteiger partial charge < -0.3 is 14.6 Å². The van der Waals surface area contributed by atoms with Crippen LogP contribution in [0.3, 0.4) is 0 Å². The number of hydrogen-bond donors (Lipinski definition) is 1. The van der Waals surface area contributed by atoms with E-state index in [1.54, 1.807) is 53.9 Å². The number of benzene rings is 1. The van der Waals surface area contributed by atoms with Gasteiger partial charge in [0.2, 0.25) is 0 Å². The molecule has 1 N–H and O–H groups in total. The number of nitrogens with zero attached hydrogens (tertiary/aromatic N) is 2. The Labute approximate surface area is 171 Å². The molecule has 0 saturated carbocycles. The minimum absolute atomic E-state index is 0.143. The molecule has 0 aliphatic heterocycles. The van der Waals surface area contributed by atoms with E-state index in [0.717, 1.165) is 10.3 Å². The lowest BCUT2D eigenvalue weighted by Gasteiger charge is -2.22. The SMILES string of the molecule is COc1ccc2cc(CN(Cc3cccs3)C(=O)c3ccncc3)c(=O)[nH]c2c1. The summed E-state index contributed by atoms with van der Waals surface area (Å²) in [4.78, 5) is 35.4. The summed E-state index contributed by atoms with van der Waals surface area (Å²) in [6.07, 6.45) is 3.18. The van der Waals surface area contributed by atoms with Crippen molar-refractivity contribution in [3.05, 3.63) is 92.7 Å². The number of ether oxygens (including phenoxy) is 1.